The molecule has 1 heteroatoms. The normalized spacial score (nSPS) is 22.8. The van der Waals surface area contributed by atoms with E-state index >= 15 is 0 Å². The number of hydrogen-bond donors (Lipinski definition) is 0. The van der Waals surface area contributed by atoms with Crippen LogP contribution in [0.1, 0.15) is 69.4 Å². The zero-order valence-corrected chi connectivity index (χ0v) is 13.2. The second-order valence-corrected chi connectivity index (χ2v) is 7.38. The Morgan fingerprint density at radius 2 is 1.55 bits per heavy atom. The first-order valence-electron chi connectivity index (χ1n) is 8.48. The molecule has 1 saturated heterocycles. The molecule has 0 amide bonds. The quantitative estimate of drug-likeness (QED) is 0.750. The van der Waals surface area contributed by atoms with Crippen molar-refractivity contribution >= 4 is 0 Å². The molecule has 1 spiro atoms. The minimum Gasteiger partial charge on any atom is -0.299 e. The molecular weight excluding hydrogens is 242 g/mol. The van der Waals surface area contributed by atoms with Crippen LogP contribution >= 0.6 is 0 Å². The number of benzene rings is 1. The van der Waals surface area contributed by atoms with Gasteiger partial charge in [0.2, 0.25) is 0 Å². The average Bonchev–Trinajstić information content (AvgIpc) is 2.91. The maximum Gasteiger partial charge on any atom is 0.0233 e. The molecule has 1 aliphatic heterocycles. The van der Waals surface area contributed by atoms with Gasteiger partial charge in [-0.3, -0.25) is 4.90 Å². The molecule has 2 fully saturated rings. The second kappa shape index (κ2) is 5.89. The highest BCUT2D eigenvalue weighted by Gasteiger charge is 2.36. The van der Waals surface area contributed by atoms with Crippen molar-refractivity contribution in [1.29, 1.82) is 0 Å². The third-order valence-corrected chi connectivity index (χ3v) is 5.63. The molecule has 0 unspecified atom stereocenters. The first-order chi connectivity index (χ1) is 9.67. The molecule has 1 nitrogen and oxygen atoms in total. The summed E-state index contributed by atoms with van der Waals surface area (Å²) < 4.78 is 0. The van der Waals surface area contributed by atoms with Crippen LogP contribution in [0.25, 0.3) is 0 Å². The minimum absolute atomic E-state index is 0.640. The molecular formula is C19H29N. The minimum atomic E-state index is 0.640. The third kappa shape index (κ3) is 3.09. The lowest BCUT2D eigenvalue weighted by Crippen LogP contribution is -2.38. The summed E-state index contributed by atoms with van der Waals surface area (Å²) in [6, 6.07) is 9.27. The smallest absolute Gasteiger partial charge is 0.0233 e. The van der Waals surface area contributed by atoms with E-state index in [1.165, 1.54) is 62.7 Å². The number of rotatable bonds is 3. The van der Waals surface area contributed by atoms with Crippen molar-refractivity contribution < 1.29 is 0 Å². The summed E-state index contributed by atoms with van der Waals surface area (Å²) in [5.74, 6) is 0.640. The predicted molar refractivity (Wildman–Crippen MR) is 85.9 cm³/mol. The van der Waals surface area contributed by atoms with Crippen LogP contribution in [0.2, 0.25) is 0 Å². The van der Waals surface area contributed by atoms with Gasteiger partial charge in [-0.1, -0.05) is 51.0 Å². The van der Waals surface area contributed by atoms with Crippen molar-refractivity contribution in [2.45, 2.75) is 64.8 Å². The number of hydrogen-bond acceptors (Lipinski definition) is 1. The fraction of sp³-hybridized carbons (Fsp3) is 0.684. The molecule has 0 N–H and O–H groups in total. The van der Waals surface area contributed by atoms with E-state index < -0.39 is 0 Å². The summed E-state index contributed by atoms with van der Waals surface area (Å²) in [5.41, 5.74) is 3.69. The standard InChI is InChI=1S/C19H29N/c1-16(2)18-7-5-17(6-8-18)15-20-13-11-19(12-14-20)9-3-4-10-19/h5-8,16H,3-4,9-15H2,1-2H3. The van der Waals surface area contributed by atoms with Crippen LogP contribution in [0.15, 0.2) is 24.3 Å². The van der Waals surface area contributed by atoms with Crippen LogP contribution in [-0.2, 0) is 6.54 Å². The molecule has 1 heterocycles. The first kappa shape index (κ1) is 14.1. The van der Waals surface area contributed by atoms with Crippen molar-refractivity contribution in [3.8, 4) is 0 Å². The Labute approximate surface area is 124 Å². The Kier molecular flexibility index (Phi) is 4.16. The van der Waals surface area contributed by atoms with Crippen molar-refractivity contribution in [2.75, 3.05) is 13.1 Å². The van der Waals surface area contributed by atoms with Gasteiger partial charge in [-0.25, -0.2) is 0 Å². The highest BCUT2D eigenvalue weighted by atomic mass is 15.1. The van der Waals surface area contributed by atoms with Crippen LogP contribution in [0, 0.1) is 5.41 Å². The summed E-state index contributed by atoms with van der Waals surface area (Å²) in [6.45, 7) is 8.30. The van der Waals surface area contributed by atoms with Gasteiger partial charge >= 0.3 is 0 Å². The predicted octanol–water partition coefficient (Wildman–Crippen LogP) is 4.97. The van der Waals surface area contributed by atoms with Crippen molar-refractivity contribution in [2.24, 2.45) is 5.41 Å². The molecule has 0 radical (unpaired) electrons. The maximum absolute atomic E-state index is 2.66. The van der Waals surface area contributed by atoms with Crippen LogP contribution < -0.4 is 0 Å². The van der Waals surface area contributed by atoms with Crippen LogP contribution in [0.3, 0.4) is 0 Å². The van der Waals surface area contributed by atoms with Gasteiger partial charge in [-0.15, -0.1) is 0 Å². The lowest BCUT2D eigenvalue weighted by atomic mass is 9.77. The van der Waals surface area contributed by atoms with Gasteiger partial charge in [0.1, 0.15) is 0 Å². The van der Waals surface area contributed by atoms with Gasteiger partial charge in [0.05, 0.1) is 0 Å². The fourth-order valence-corrected chi connectivity index (χ4v) is 4.08. The monoisotopic (exact) mass is 271 g/mol. The molecule has 1 aromatic rings. The largest absolute Gasteiger partial charge is 0.299 e. The molecule has 1 saturated carbocycles. The molecule has 1 aromatic carbocycles. The van der Waals surface area contributed by atoms with E-state index in [-0.39, 0.29) is 0 Å². The second-order valence-electron chi connectivity index (χ2n) is 7.38. The Morgan fingerprint density at radius 3 is 2.10 bits per heavy atom. The molecule has 1 aliphatic carbocycles. The van der Waals surface area contributed by atoms with E-state index in [0.29, 0.717) is 5.92 Å². The lowest BCUT2D eigenvalue weighted by molar-refractivity contribution is 0.103. The third-order valence-electron chi connectivity index (χ3n) is 5.63. The summed E-state index contributed by atoms with van der Waals surface area (Å²) in [4.78, 5) is 2.66. The number of likely N-dealkylation sites (tertiary alicyclic amines) is 1. The maximum atomic E-state index is 2.66. The average molecular weight is 271 g/mol. The van der Waals surface area contributed by atoms with Crippen molar-refractivity contribution in [1.82, 2.24) is 4.90 Å². The Hall–Kier alpha value is -0.820. The first-order valence-corrected chi connectivity index (χ1v) is 8.48. The Bertz CT molecular complexity index is 416. The van der Waals surface area contributed by atoms with Gasteiger partial charge in [-0.05, 0) is 61.2 Å². The molecule has 2 aliphatic rings. The Balaban J connectivity index is 1.54. The van der Waals surface area contributed by atoms with Gasteiger partial charge in [0, 0.05) is 6.54 Å². The molecule has 110 valence electrons. The van der Waals surface area contributed by atoms with E-state index in [0.717, 1.165) is 12.0 Å². The van der Waals surface area contributed by atoms with Crippen LogP contribution in [0.5, 0.6) is 0 Å². The summed E-state index contributed by atoms with van der Waals surface area (Å²) in [6.07, 6.45) is 8.86. The van der Waals surface area contributed by atoms with Crippen LogP contribution in [0.4, 0.5) is 0 Å². The fourth-order valence-electron chi connectivity index (χ4n) is 4.08. The summed E-state index contributed by atoms with van der Waals surface area (Å²) >= 11 is 0. The lowest BCUT2D eigenvalue weighted by Gasteiger charge is -2.39. The molecule has 20 heavy (non-hydrogen) atoms. The van der Waals surface area contributed by atoms with Gasteiger partial charge in [0.15, 0.2) is 0 Å². The van der Waals surface area contributed by atoms with Crippen molar-refractivity contribution in [3.63, 3.8) is 0 Å². The van der Waals surface area contributed by atoms with E-state index in [1.54, 1.807) is 0 Å². The highest BCUT2D eigenvalue weighted by Crippen LogP contribution is 2.46. The number of piperidine rings is 1. The Morgan fingerprint density at radius 1 is 0.950 bits per heavy atom. The van der Waals surface area contributed by atoms with Crippen molar-refractivity contribution in [3.05, 3.63) is 35.4 Å². The zero-order valence-electron chi connectivity index (χ0n) is 13.2. The summed E-state index contributed by atoms with van der Waals surface area (Å²) in [5, 5.41) is 0. The molecule has 0 atom stereocenters. The topological polar surface area (TPSA) is 3.24 Å². The van der Waals surface area contributed by atoms with Gasteiger partial charge in [0.25, 0.3) is 0 Å². The highest BCUT2D eigenvalue weighted by molar-refractivity contribution is 5.24. The van der Waals surface area contributed by atoms with Gasteiger partial charge in [-0.2, -0.15) is 0 Å². The molecule has 0 aromatic heterocycles. The zero-order chi connectivity index (χ0) is 14.0. The summed E-state index contributed by atoms with van der Waals surface area (Å²) in [7, 11) is 0. The van der Waals surface area contributed by atoms with E-state index in [1.807, 2.05) is 0 Å². The van der Waals surface area contributed by atoms with E-state index in [9.17, 15) is 0 Å². The van der Waals surface area contributed by atoms with E-state index in [4.69, 9.17) is 0 Å². The van der Waals surface area contributed by atoms with E-state index in [2.05, 4.69) is 43.0 Å². The molecule has 3 rings (SSSR count). The molecule has 0 bridgehead atoms. The van der Waals surface area contributed by atoms with Crippen LogP contribution in [-0.4, -0.2) is 18.0 Å². The number of nitrogens with zero attached hydrogens (tertiary/aromatic N) is 1. The SMILES string of the molecule is CC(C)c1ccc(CN2CCC3(CCCC3)CC2)cc1. The van der Waals surface area contributed by atoms with Gasteiger partial charge < -0.3 is 0 Å².